The first-order valence-corrected chi connectivity index (χ1v) is 6.73. The van der Waals surface area contributed by atoms with Crippen molar-refractivity contribution in [2.45, 2.75) is 0 Å². The summed E-state index contributed by atoms with van der Waals surface area (Å²) >= 11 is 4.63. The van der Waals surface area contributed by atoms with Crippen LogP contribution in [0.1, 0.15) is 5.56 Å². The molecule has 0 amide bonds. The summed E-state index contributed by atoms with van der Waals surface area (Å²) in [5.41, 5.74) is 2.22. The number of fused-ring (bicyclic) bond motifs is 2. The summed E-state index contributed by atoms with van der Waals surface area (Å²) in [6, 6.07) is 5.13. The quantitative estimate of drug-likeness (QED) is 0.370. The van der Waals surface area contributed by atoms with E-state index in [4.69, 9.17) is 0 Å². The summed E-state index contributed by atoms with van der Waals surface area (Å²) in [4.78, 5) is 12.8. The second-order valence-electron chi connectivity index (χ2n) is 5.22. The first-order valence-electron chi connectivity index (χ1n) is 6.29. The molecule has 0 radical (unpaired) electrons. The van der Waals surface area contributed by atoms with Crippen LogP contribution in [0, 0.1) is 10.1 Å². The van der Waals surface area contributed by atoms with Crippen LogP contribution in [0.4, 0.5) is 11.4 Å². The minimum atomic E-state index is -0.348. The van der Waals surface area contributed by atoms with Gasteiger partial charge in [0.15, 0.2) is 5.03 Å². The van der Waals surface area contributed by atoms with E-state index < -0.39 is 0 Å². The number of nitro benzene ring substituents is 1. The molecule has 0 saturated carbocycles. The van der Waals surface area contributed by atoms with E-state index in [0.717, 1.165) is 46.9 Å². The van der Waals surface area contributed by atoms with Crippen LogP contribution in [0.2, 0.25) is 0 Å². The van der Waals surface area contributed by atoms with Gasteiger partial charge < -0.3 is 0 Å². The molecule has 2 aliphatic rings. The van der Waals surface area contributed by atoms with Crippen LogP contribution in [-0.2, 0) is 0 Å². The Labute approximate surface area is 117 Å². The zero-order chi connectivity index (χ0) is 13.6. The van der Waals surface area contributed by atoms with Gasteiger partial charge in [-0.05, 0) is 7.05 Å². The van der Waals surface area contributed by atoms with E-state index in [0.29, 0.717) is 0 Å². The van der Waals surface area contributed by atoms with Crippen molar-refractivity contribution in [1.29, 1.82) is 0 Å². The first kappa shape index (κ1) is 12.7. The predicted molar refractivity (Wildman–Crippen MR) is 79.1 cm³/mol. The van der Waals surface area contributed by atoms with Crippen molar-refractivity contribution < 1.29 is 4.92 Å². The van der Waals surface area contributed by atoms with Crippen molar-refractivity contribution in [1.82, 2.24) is 9.38 Å². The summed E-state index contributed by atoms with van der Waals surface area (Å²) in [6.45, 7) is 3.95. The maximum absolute atomic E-state index is 10.8. The van der Waals surface area contributed by atoms with Gasteiger partial charge in [0, 0.05) is 42.9 Å². The molecule has 6 heteroatoms. The lowest BCUT2D eigenvalue weighted by Gasteiger charge is -2.41. The fourth-order valence-corrected chi connectivity index (χ4v) is 3.37. The molecule has 0 N–H and O–H groups in total. The average Bonchev–Trinajstić information content (AvgIpc) is 2.65. The van der Waals surface area contributed by atoms with Crippen LogP contribution >= 0.6 is 12.6 Å². The number of thiol groups is 1. The van der Waals surface area contributed by atoms with Crippen molar-refractivity contribution >= 4 is 30.1 Å². The number of nitro groups is 1. The number of nitrogens with zero attached hydrogens (tertiary/aromatic N) is 3. The van der Waals surface area contributed by atoms with Crippen molar-refractivity contribution in [3.8, 4) is 0 Å². The third-order valence-electron chi connectivity index (χ3n) is 4.13. The summed E-state index contributed by atoms with van der Waals surface area (Å²) in [5, 5.41) is 11.8. The van der Waals surface area contributed by atoms with Crippen LogP contribution in [0.25, 0.3) is 6.08 Å². The third-order valence-corrected chi connectivity index (χ3v) is 4.65. The van der Waals surface area contributed by atoms with Crippen molar-refractivity contribution in [2.24, 2.45) is 0 Å². The lowest BCUT2D eigenvalue weighted by Crippen LogP contribution is -2.57. The molecular weight excluding hydrogens is 262 g/mol. The van der Waals surface area contributed by atoms with Gasteiger partial charge in [-0.25, -0.2) is 0 Å². The lowest BCUT2D eigenvalue weighted by molar-refractivity contribution is -0.384. The molecule has 0 aliphatic carbocycles. The molecule has 0 aromatic heterocycles. The summed E-state index contributed by atoms with van der Waals surface area (Å²) in [6.07, 6.45) is 1.97. The molecule has 100 valence electrons. The zero-order valence-corrected chi connectivity index (χ0v) is 11.6. The minimum absolute atomic E-state index is 0.144. The summed E-state index contributed by atoms with van der Waals surface area (Å²) in [7, 11) is 2.12. The predicted octanol–water partition coefficient (Wildman–Crippen LogP) is 2.09. The van der Waals surface area contributed by atoms with Gasteiger partial charge in [-0.3, -0.25) is 19.5 Å². The molecule has 1 aromatic rings. The standard InChI is InChI=1S/C13H15N3O2S/c1-14-4-6-16(7-5-14)12-3-2-11(15(17)18)8-10(12)9-13(16)19/h2-3,8-9H,4-7H2,1H3/p+1. The largest absolute Gasteiger partial charge is 0.295 e. The molecule has 3 rings (SSSR count). The Bertz CT molecular complexity index is 577. The maximum Gasteiger partial charge on any atom is 0.270 e. The Hall–Kier alpha value is -1.37. The Balaban J connectivity index is 2.04. The van der Waals surface area contributed by atoms with E-state index in [-0.39, 0.29) is 10.6 Å². The highest BCUT2D eigenvalue weighted by Crippen LogP contribution is 2.43. The normalized spacial score (nSPS) is 21.3. The Morgan fingerprint density at radius 2 is 2.05 bits per heavy atom. The van der Waals surface area contributed by atoms with Gasteiger partial charge in [0.25, 0.3) is 5.69 Å². The highest BCUT2D eigenvalue weighted by Gasteiger charge is 2.42. The van der Waals surface area contributed by atoms with Crippen molar-refractivity contribution in [3.63, 3.8) is 0 Å². The molecule has 1 aromatic carbocycles. The molecule has 1 spiro atoms. The summed E-state index contributed by atoms with van der Waals surface area (Å²) in [5.74, 6) is 0. The number of rotatable bonds is 1. The van der Waals surface area contributed by atoms with E-state index in [2.05, 4.69) is 24.6 Å². The smallest absolute Gasteiger partial charge is 0.270 e. The number of likely N-dealkylation sites (N-methyl/N-ethyl adjacent to an activating group) is 1. The van der Waals surface area contributed by atoms with Crippen LogP contribution in [0.15, 0.2) is 23.2 Å². The number of quaternary nitrogens is 1. The molecule has 0 bridgehead atoms. The van der Waals surface area contributed by atoms with Gasteiger partial charge in [0.2, 0.25) is 0 Å². The Morgan fingerprint density at radius 1 is 1.37 bits per heavy atom. The van der Waals surface area contributed by atoms with Crippen molar-refractivity contribution in [3.05, 3.63) is 38.9 Å². The SMILES string of the molecule is CN1CC[N+]2(CC1)C(S)=Cc1cc([N+](=O)[O-])ccc12. The lowest BCUT2D eigenvalue weighted by atomic mass is 10.1. The van der Waals surface area contributed by atoms with Crippen LogP contribution in [0.3, 0.4) is 0 Å². The van der Waals surface area contributed by atoms with Crippen LogP contribution < -0.4 is 4.48 Å². The van der Waals surface area contributed by atoms with Crippen LogP contribution in [-0.4, -0.2) is 43.0 Å². The second kappa shape index (κ2) is 4.33. The molecule has 19 heavy (non-hydrogen) atoms. The van der Waals surface area contributed by atoms with E-state index >= 15 is 0 Å². The third kappa shape index (κ3) is 1.87. The molecule has 1 fully saturated rings. The number of piperazine rings is 1. The molecule has 0 atom stereocenters. The average molecular weight is 278 g/mol. The zero-order valence-electron chi connectivity index (χ0n) is 10.7. The molecule has 0 unspecified atom stereocenters. The number of hydrogen-bond acceptors (Lipinski definition) is 4. The Morgan fingerprint density at radius 3 is 2.68 bits per heavy atom. The van der Waals surface area contributed by atoms with Gasteiger partial charge >= 0.3 is 0 Å². The highest BCUT2D eigenvalue weighted by molar-refractivity contribution is 7.84. The molecule has 5 nitrogen and oxygen atoms in total. The number of non-ortho nitro benzene ring substituents is 1. The molecule has 2 aliphatic heterocycles. The first-order chi connectivity index (χ1) is 9.03. The monoisotopic (exact) mass is 278 g/mol. The second-order valence-corrected chi connectivity index (χ2v) is 5.68. The van der Waals surface area contributed by atoms with E-state index in [1.54, 1.807) is 12.1 Å². The molecule has 2 heterocycles. The van der Waals surface area contributed by atoms with Gasteiger partial charge in [-0.15, -0.1) is 0 Å². The fraction of sp³-hybridized carbons (Fsp3) is 0.385. The maximum atomic E-state index is 10.8. The van der Waals surface area contributed by atoms with Crippen LogP contribution in [0.5, 0.6) is 0 Å². The van der Waals surface area contributed by atoms with Gasteiger partial charge in [0.1, 0.15) is 18.8 Å². The van der Waals surface area contributed by atoms with Crippen molar-refractivity contribution in [2.75, 3.05) is 33.2 Å². The van der Waals surface area contributed by atoms with E-state index in [1.165, 1.54) is 0 Å². The fourth-order valence-electron chi connectivity index (χ4n) is 2.92. The van der Waals surface area contributed by atoms with E-state index in [9.17, 15) is 10.1 Å². The van der Waals surface area contributed by atoms with Gasteiger partial charge in [0.05, 0.1) is 4.92 Å². The van der Waals surface area contributed by atoms with E-state index in [1.807, 2.05) is 12.1 Å². The molecule has 1 saturated heterocycles. The number of benzene rings is 1. The summed E-state index contributed by atoms with van der Waals surface area (Å²) < 4.78 is 0.737. The molecular formula is C13H16N3O2S+. The van der Waals surface area contributed by atoms with Gasteiger partial charge in [-0.2, -0.15) is 0 Å². The highest BCUT2D eigenvalue weighted by atomic mass is 32.1. The van der Waals surface area contributed by atoms with Gasteiger partial charge in [-0.1, -0.05) is 12.6 Å². The minimum Gasteiger partial charge on any atom is -0.295 e. The Kier molecular flexibility index (Phi) is 2.88. The topological polar surface area (TPSA) is 46.4 Å². The number of hydrogen-bond donors (Lipinski definition) is 1.